The first kappa shape index (κ1) is 18.9. The van der Waals surface area contributed by atoms with Gasteiger partial charge >= 0.3 is 0 Å². The number of hydrogen-bond donors (Lipinski definition) is 1. The van der Waals surface area contributed by atoms with Gasteiger partial charge in [-0.2, -0.15) is 0 Å². The molecule has 6 heteroatoms. The molecule has 1 aromatic carbocycles. The maximum absolute atomic E-state index is 12.8. The molecule has 3 unspecified atom stereocenters. The van der Waals surface area contributed by atoms with E-state index in [4.69, 9.17) is 15.2 Å². The average Bonchev–Trinajstić information content (AvgIpc) is 3.11. The van der Waals surface area contributed by atoms with Gasteiger partial charge in [-0.3, -0.25) is 4.79 Å². The van der Waals surface area contributed by atoms with Crippen LogP contribution in [0.25, 0.3) is 0 Å². The van der Waals surface area contributed by atoms with Gasteiger partial charge in [0.1, 0.15) is 0 Å². The number of benzene rings is 1. The van der Waals surface area contributed by atoms with Crippen molar-refractivity contribution in [2.75, 3.05) is 26.3 Å². The highest BCUT2D eigenvalue weighted by Crippen LogP contribution is 2.38. The number of likely N-dealkylation sites (tertiary alicyclic amines) is 1. The van der Waals surface area contributed by atoms with Gasteiger partial charge in [0.15, 0.2) is 11.5 Å². The highest BCUT2D eigenvalue weighted by molar-refractivity contribution is 5.95. The lowest BCUT2D eigenvalue weighted by molar-refractivity contribution is 0.0779. The van der Waals surface area contributed by atoms with Gasteiger partial charge in [-0.1, -0.05) is 0 Å². The Kier molecular flexibility index (Phi) is 6.35. The molecule has 0 spiro atoms. The predicted molar refractivity (Wildman–Crippen MR) is 96.1 cm³/mol. The van der Waals surface area contributed by atoms with E-state index in [9.17, 15) is 4.79 Å². The summed E-state index contributed by atoms with van der Waals surface area (Å²) in [6.07, 6.45) is 2.23. The van der Waals surface area contributed by atoms with Crippen LogP contribution in [-0.2, 0) is 0 Å². The van der Waals surface area contributed by atoms with Crippen molar-refractivity contribution in [2.45, 2.75) is 32.7 Å². The van der Waals surface area contributed by atoms with Gasteiger partial charge in [0.25, 0.3) is 5.91 Å². The molecule has 3 atom stereocenters. The largest absolute Gasteiger partial charge is 0.490 e. The summed E-state index contributed by atoms with van der Waals surface area (Å²) in [7, 11) is 0. The topological polar surface area (TPSA) is 64.8 Å². The molecule has 1 saturated heterocycles. The van der Waals surface area contributed by atoms with Crippen molar-refractivity contribution < 1.29 is 14.3 Å². The zero-order chi connectivity index (χ0) is 16.4. The van der Waals surface area contributed by atoms with Crippen LogP contribution in [0.1, 0.15) is 37.0 Å². The Morgan fingerprint density at radius 3 is 2.54 bits per heavy atom. The fraction of sp³-hybridized carbons (Fsp3) is 0.611. The maximum atomic E-state index is 12.8. The Morgan fingerprint density at radius 2 is 1.88 bits per heavy atom. The van der Waals surface area contributed by atoms with Crippen molar-refractivity contribution in [3.8, 4) is 11.5 Å². The average molecular weight is 355 g/mol. The molecule has 1 aliphatic carbocycles. The van der Waals surface area contributed by atoms with E-state index in [1.165, 1.54) is 0 Å². The lowest BCUT2D eigenvalue weighted by Gasteiger charge is -2.20. The molecular formula is C18H27ClN2O3. The maximum Gasteiger partial charge on any atom is 0.254 e. The summed E-state index contributed by atoms with van der Waals surface area (Å²) in [5.74, 6) is 2.43. The van der Waals surface area contributed by atoms with E-state index in [2.05, 4.69) is 0 Å². The van der Waals surface area contributed by atoms with Gasteiger partial charge in [-0.25, -0.2) is 0 Å². The number of hydrogen-bond acceptors (Lipinski definition) is 4. The number of fused-ring (bicyclic) bond motifs is 1. The Labute approximate surface area is 149 Å². The fourth-order valence-electron chi connectivity index (χ4n) is 3.84. The second-order valence-corrected chi connectivity index (χ2v) is 6.40. The SMILES string of the molecule is CCOc1ccc(C(=O)N2CC3CCC(N)C3C2)cc1OCC.Cl. The third kappa shape index (κ3) is 3.62. The molecule has 1 aliphatic heterocycles. The molecule has 24 heavy (non-hydrogen) atoms. The van der Waals surface area contributed by atoms with Gasteiger partial charge < -0.3 is 20.1 Å². The number of ether oxygens (including phenoxy) is 2. The minimum atomic E-state index is 0. The molecule has 2 fully saturated rings. The highest BCUT2D eigenvalue weighted by atomic mass is 35.5. The van der Waals surface area contributed by atoms with Gasteiger partial charge in [-0.05, 0) is 56.7 Å². The van der Waals surface area contributed by atoms with Crippen LogP contribution in [-0.4, -0.2) is 43.2 Å². The van der Waals surface area contributed by atoms with Crippen molar-refractivity contribution in [1.82, 2.24) is 4.90 Å². The van der Waals surface area contributed by atoms with E-state index in [0.29, 0.717) is 42.1 Å². The highest BCUT2D eigenvalue weighted by Gasteiger charge is 2.42. The molecule has 0 radical (unpaired) electrons. The Balaban J connectivity index is 0.00000208. The van der Waals surface area contributed by atoms with Crippen LogP contribution in [0, 0.1) is 11.8 Å². The van der Waals surface area contributed by atoms with Crippen LogP contribution in [0.4, 0.5) is 0 Å². The molecule has 0 bridgehead atoms. The van der Waals surface area contributed by atoms with Gasteiger partial charge in [0.05, 0.1) is 13.2 Å². The molecule has 134 valence electrons. The van der Waals surface area contributed by atoms with Crippen LogP contribution >= 0.6 is 12.4 Å². The number of nitrogens with zero attached hydrogens (tertiary/aromatic N) is 1. The molecule has 1 saturated carbocycles. The molecule has 0 aromatic heterocycles. The second-order valence-electron chi connectivity index (χ2n) is 6.40. The molecule has 2 N–H and O–H groups in total. The minimum Gasteiger partial charge on any atom is -0.490 e. The number of rotatable bonds is 5. The Bertz CT molecular complexity index is 581. The third-order valence-electron chi connectivity index (χ3n) is 4.99. The molecule has 1 amide bonds. The molecule has 1 aromatic rings. The lowest BCUT2D eigenvalue weighted by Crippen LogP contribution is -2.33. The van der Waals surface area contributed by atoms with Gasteiger partial charge in [-0.15, -0.1) is 12.4 Å². The van der Waals surface area contributed by atoms with Crippen molar-refractivity contribution in [3.05, 3.63) is 23.8 Å². The van der Waals surface area contributed by atoms with Crippen LogP contribution in [0.2, 0.25) is 0 Å². The van der Waals surface area contributed by atoms with Crippen LogP contribution in [0.3, 0.4) is 0 Å². The van der Waals surface area contributed by atoms with Crippen LogP contribution in [0.15, 0.2) is 18.2 Å². The summed E-state index contributed by atoms with van der Waals surface area (Å²) in [5.41, 5.74) is 6.82. The molecule has 3 rings (SSSR count). The first-order valence-corrected chi connectivity index (χ1v) is 8.58. The fourth-order valence-corrected chi connectivity index (χ4v) is 3.84. The summed E-state index contributed by atoms with van der Waals surface area (Å²) in [6.45, 7) is 6.58. The molecule has 5 nitrogen and oxygen atoms in total. The molecule has 2 aliphatic rings. The first-order valence-electron chi connectivity index (χ1n) is 8.58. The van der Waals surface area contributed by atoms with E-state index in [-0.39, 0.29) is 24.4 Å². The quantitative estimate of drug-likeness (QED) is 0.883. The van der Waals surface area contributed by atoms with Crippen molar-refractivity contribution >= 4 is 18.3 Å². The zero-order valence-corrected chi connectivity index (χ0v) is 15.2. The normalized spacial score (nSPS) is 25.1. The minimum absolute atomic E-state index is 0. The molecule has 1 heterocycles. The number of carbonyl (C=O) groups is 1. The van der Waals surface area contributed by atoms with Gasteiger partial charge in [0.2, 0.25) is 0 Å². The number of halogens is 1. The van der Waals surface area contributed by atoms with Crippen molar-refractivity contribution in [3.63, 3.8) is 0 Å². The van der Waals surface area contributed by atoms with Crippen LogP contribution < -0.4 is 15.2 Å². The molecular weight excluding hydrogens is 328 g/mol. The Morgan fingerprint density at radius 1 is 1.17 bits per heavy atom. The van der Waals surface area contributed by atoms with E-state index in [1.807, 2.05) is 30.9 Å². The standard InChI is InChI=1S/C18H26N2O3.ClH/c1-3-22-16-8-6-12(9-17(16)23-4-2)18(21)20-10-13-5-7-15(19)14(13)11-20;/h6,8-9,13-15H,3-5,7,10-11,19H2,1-2H3;1H. The predicted octanol–water partition coefficient (Wildman–Crippen LogP) is 2.72. The second kappa shape index (κ2) is 8.08. The summed E-state index contributed by atoms with van der Waals surface area (Å²) in [6, 6.07) is 5.69. The lowest BCUT2D eigenvalue weighted by atomic mass is 9.98. The van der Waals surface area contributed by atoms with Crippen LogP contribution in [0.5, 0.6) is 11.5 Å². The smallest absolute Gasteiger partial charge is 0.254 e. The van der Waals surface area contributed by atoms with Crippen molar-refractivity contribution in [2.24, 2.45) is 17.6 Å². The number of nitrogens with two attached hydrogens (primary N) is 1. The van der Waals surface area contributed by atoms with Crippen molar-refractivity contribution in [1.29, 1.82) is 0 Å². The van der Waals surface area contributed by atoms with E-state index in [0.717, 1.165) is 25.9 Å². The summed E-state index contributed by atoms with van der Waals surface area (Å²) in [5, 5.41) is 0. The van der Waals surface area contributed by atoms with E-state index >= 15 is 0 Å². The first-order chi connectivity index (χ1) is 11.1. The number of amides is 1. The summed E-state index contributed by atoms with van der Waals surface area (Å²) < 4.78 is 11.2. The third-order valence-corrected chi connectivity index (χ3v) is 4.99. The van der Waals surface area contributed by atoms with E-state index in [1.54, 1.807) is 6.07 Å². The number of carbonyl (C=O) groups excluding carboxylic acids is 1. The van der Waals surface area contributed by atoms with E-state index < -0.39 is 0 Å². The summed E-state index contributed by atoms with van der Waals surface area (Å²) in [4.78, 5) is 14.7. The monoisotopic (exact) mass is 354 g/mol. The zero-order valence-electron chi connectivity index (χ0n) is 14.4. The summed E-state index contributed by atoms with van der Waals surface area (Å²) >= 11 is 0. The Hall–Kier alpha value is -1.46. The van der Waals surface area contributed by atoms with Gasteiger partial charge in [0, 0.05) is 24.7 Å².